The third-order valence-electron chi connectivity index (χ3n) is 5.74. The fourth-order valence-corrected chi connectivity index (χ4v) is 5.46. The van der Waals surface area contributed by atoms with Crippen LogP contribution in [0.5, 0.6) is 6.01 Å². The Morgan fingerprint density at radius 3 is 2.03 bits per heavy atom. The molecule has 0 bridgehead atoms. The molecule has 0 saturated carbocycles. The van der Waals surface area contributed by atoms with E-state index in [0.717, 1.165) is 17.7 Å². The quantitative estimate of drug-likeness (QED) is 0.269. The van der Waals surface area contributed by atoms with Crippen molar-refractivity contribution < 1.29 is 27.8 Å². The monoisotopic (exact) mass is 524 g/mol. The number of aromatic nitrogens is 2. The fraction of sp³-hybridized carbons (Fsp3) is 0.179. The van der Waals surface area contributed by atoms with Crippen LogP contribution in [-0.4, -0.2) is 27.1 Å². The third-order valence-corrected chi connectivity index (χ3v) is 7.36. The van der Waals surface area contributed by atoms with Gasteiger partial charge in [0.2, 0.25) is 6.10 Å². The van der Waals surface area contributed by atoms with E-state index < -0.39 is 28.6 Å². The lowest BCUT2D eigenvalue weighted by Gasteiger charge is -2.38. The number of benzene rings is 3. The van der Waals surface area contributed by atoms with Crippen LogP contribution in [0.4, 0.5) is 13.2 Å². The number of carboxylic acids is 1. The second kappa shape index (κ2) is 11.0. The van der Waals surface area contributed by atoms with Gasteiger partial charge < -0.3 is 9.84 Å². The number of hydrogen-bond acceptors (Lipinski definition) is 5. The van der Waals surface area contributed by atoms with Crippen LogP contribution in [-0.2, 0) is 21.5 Å². The lowest BCUT2D eigenvalue weighted by molar-refractivity contribution is -0.146. The molecule has 1 N–H and O–H groups in total. The van der Waals surface area contributed by atoms with Gasteiger partial charge in [0.1, 0.15) is 4.75 Å². The van der Waals surface area contributed by atoms with E-state index in [2.05, 4.69) is 9.97 Å². The number of rotatable bonds is 9. The molecule has 1 aromatic heterocycles. The SMILES string of the molecule is Cc1ccnc(O[C@H](C(=O)O)[C@@](SCc2ccccc2)(c2ccccc2)c2ccc(C(F)(F)F)cc2)n1. The zero-order valence-corrected chi connectivity index (χ0v) is 20.5. The summed E-state index contributed by atoms with van der Waals surface area (Å²) in [5, 5.41) is 10.5. The predicted molar refractivity (Wildman–Crippen MR) is 135 cm³/mol. The highest BCUT2D eigenvalue weighted by molar-refractivity contribution is 7.99. The van der Waals surface area contributed by atoms with Crippen molar-refractivity contribution in [3.05, 3.63) is 125 Å². The lowest BCUT2D eigenvalue weighted by atomic mass is 9.84. The number of ether oxygens (including phenoxy) is 1. The molecule has 0 spiro atoms. The van der Waals surface area contributed by atoms with Crippen LogP contribution in [0.15, 0.2) is 97.2 Å². The van der Waals surface area contributed by atoms with Crippen LogP contribution in [0.2, 0.25) is 0 Å². The summed E-state index contributed by atoms with van der Waals surface area (Å²) >= 11 is 1.26. The standard InChI is InChI=1S/C28H23F3N2O3S/c1-19-16-17-32-26(33-19)36-24(25(34)35)27(21-10-6-3-7-11-21,37-18-20-8-4-2-5-9-20)22-12-14-23(15-13-22)28(29,30)31/h2-17,24H,18H2,1H3,(H,34,35)/t24-,27-/m1/s1. The maximum absolute atomic E-state index is 13.4. The average Bonchev–Trinajstić information content (AvgIpc) is 2.89. The van der Waals surface area contributed by atoms with E-state index in [-0.39, 0.29) is 6.01 Å². The Hall–Kier alpha value is -3.85. The number of thioether (sulfide) groups is 1. The molecule has 9 heteroatoms. The first-order valence-electron chi connectivity index (χ1n) is 11.3. The summed E-state index contributed by atoms with van der Waals surface area (Å²) < 4.78 is 44.6. The third kappa shape index (κ3) is 5.94. The Balaban J connectivity index is 1.92. The summed E-state index contributed by atoms with van der Waals surface area (Å²) in [5.41, 5.74) is 1.55. The maximum Gasteiger partial charge on any atom is 0.416 e. The Morgan fingerprint density at radius 1 is 0.892 bits per heavy atom. The van der Waals surface area contributed by atoms with Gasteiger partial charge in [-0.3, -0.25) is 0 Å². The van der Waals surface area contributed by atoms with Crippen molar-refractivity contribution in [3.8, 4) is 6.01 Å². The smallest absolute Gasteiger partial charge is 0.416 e. The molecule has 0 aliphatic heterocycles. The van der Waals surface area contributed by atoms with Gasteiger partial charge in [0.15, 0.2) is 0 Å². The molecule has 2 atom stereocenters. The Kier molecular flexibility index (Phi) is 7.83. The molecule has 5 nitrogen and oxygen atoms in total. The summed E-state index contributed by atoms with van der Waals surface area (Å²) in [6, 6.07) is 24.2. The molecule has 0 radical (unpaired) electrons. The Bertz CT molecular complexity index is 1340. The minimum atomic E-state index is -4.54. The number of carboxylic acid groups (broad SMARTS) is 1. The first kappa shape index (κ1) is 26.2. The minimum absolute atomic E-state index is 0.139. The highest BCUT2D eigenvalue weighted by Crippen LogP contribution is 2.49. The molecule has 0 saturated heterocycles. The highest BCUT2D eigenvalue weighted by Gasteiger charge is 2.49. The molecular formula is C28H23F3N2O3S. The number of alkyl halides is 3. The minimum Gasteiger partial charge on any atom is -0.478 e. The first-order valence-corrected chi connectivity index (χ1v) is 12.3. The van der Waals surface area contributed by atoms with E-state index >= 15 is 0 Å². The number of carbonyl (C=O) groups is 1. The van der Waals surface area contributed by atoms with Crippen LogP contribution in [0.1, 0.15) is 27.9 Å². The van der Waals surface area contributed by atoms with Gasteiger partial charge in [-0.05, 0) is 41.8 Å². The Labute approximate surface area is 216 Å². The zero-order valence-electron chi connectivity index (χ0n) is 19.7. The summed E-state index contributed by atoms with van der Waals surface area (Å²) in [4.78, 5) is 21.1. The maximum atomic E-state index is 13.4. The topological polar surface area (TPSA) is 72.3 Å². The average molecular weight is 525 g/mol. The molecular weight excluding hydrogens is 501 g/mol. The van der Waals surface area contributed by atoms with E-state index in [0.29, 0.717) is 22.6 Å². The van der Waals surface area contributed by atoms with Crippen LogP contribution in [0.3, 0.4) is 0 Å². The van der Waals surface area contributed by atoms with Crippen molar-refractivity contribution in [2.24, 2.45) is 0 Å². The molecule has 37 heavy (non-hydrogen) atoms. The summed E-state index contributed by atoms with van der Waals surface area (Å²) in [7, 11) is 0. The van der Waals surface area contributed by atoms with Crippen molar-refractivity contribution in [2.45, 2.75) is 29.7 Å². The zero-order chi connectivity index (χ0) is 26.5. The van der Waals surface area contributed by atoms with E-state index in [9.17, 15) is 23.1 Å². The van der Waals surface area contributed by atoms with Gasteiger partial charge in [0, 0.05) is 17.6 Å². The second-order valence-corrected chi connectivity index (χ2v) is 9.49. The van der Waals surface area contributed by atoms with Crippen molar-refractivity contribution in [3.63, 3.8) is 0 Å². The lowest BCUT2D eigenvalue weighted by Crippen LogP contribution is -2.47. The second-order valence-electron chi connectivity index (χ2n) is 8.27. The molecule has 3 aromatic carbocycles. The summed E-state index contributed by atoms with van der Waals surface area (Å²) in [6.45, 7) is 1.72. The van der Waals surface area contributed by atoms with Crippen molar-refractivity contribution in [1.29, 1.82) is 0 Å². The fourth-order valence-electron chi connectivity index (χ4n) is 3.97. The van der Waals surface area contributed by atoms with Gasteiger partial charge in [-0.25, -0.2) is 14.8 Å². The molecule has 0 unspecified atom stereocenters. The number of nitrogens with zero attached hydrogens (tertiary/aromatic N) is 2. The largest absolute Gasteiger partial charge is 0.478 e. The highest BCUT2D eigenvalue weighted by atomic mass is 32.2. The van der Waals surface area contributed by atoms with E-state index in [1.807, 2.05) is 30.3 Å². The van der Waals surface area contributed by atoms with Crippen LogP contribution < -0.4 is 4.74 Å². The number of aliphatic carboxylic acids is 1. The van der Waals surface area contributed by atoms with Gasteiger partial charge in [-0.2, -0.15) is 13.2 Å². The number of aryl methyl sites for hydroxylation is 1. The molecule has 0 aliphatic rings. The summed E-state index contributed by atoms with van der Waals surface area (Å²) in [5.74, 6) is -0.951. The van der Waals surface area contributed by atoms with Crippen LogP contribution in [0, 0.1) is 6.92 Å². The van der Waals surface area contributed by atoms with E-state index in [1.54, 1.807) is 43.3 Å². The number of halogens is 3. The Morgan fingerprint density at radius 2 is 1.46 bits per heavy atom. The summed E-state index contributed by atoms with van der Waals surface area (Å²) in [6.07, 6.45) is -4.67. The predicted octanol–water partition coefficient (Wildman–Crippen LogP) is 6.51. The number of hydrogen-bond donors (Lipinski definition) is 1. The van der Waals surface area contributed by atoms with E-state index in [4.69, 9.17) is 4.74 Å². The van der Waals surface area contributed by atoms with Crippen LogP contribution >= 0.6 is 11.8 Å². The molecule has 0 amide bonds. The van der Waals surface area contributed by atoms with E-state index in [1.165, 1.54) is 30.1 Å². The molecule has 4 aromatic rings. The van der Waals surface area contributed by atoms with Crippen molar-refractivity contribution in [2.75, 3.05) is 0 Å². The van der Waals surface area contributed by atoms with Crippen LogP contribution in [0.25, 0.3) is 0 Å². The molecule has 0 aliphatic carbocycles. The van der Waals surface area contributed by atoms with Crippen molar-refractivity contribution >= 4 is 17.7 Å². The molecule has 1 heterocycles. The van der Waals surface area contributed by atoms with Gasteiger partial charge in [-0.15, -0.1) is 11.8 Å². The van der Waals surface area contributed by atoms with Gasteiger partial charge in [-0.1, -0.05) is 72.8 Å². The van der Waals surface area contributed by atoms with Gasteiger partial charge in [0.05, 0.1) is 5.56 Å². The van der Waals surface area contributed by atoms with Gasteiger partial charge >= 0.3 is 18.2 Å². The molecule has 190 valence electrons. The normalized spacial score (nSPS) is 13.9. The van der Waals surface area contributed by atoms with Gasteiger partial charge in [0.25, 0.3) is 0 Å². The first-order chi connectivity index (χ1) is 17.7. The molecule has 4 rings (SSSR count). The molecule has 0 fully saturated rings. The van der Waals surface area contributed by atoms with Crippen molar-refractivity contribution in [1.82, 2.24) is 9.97 Å².